The molecule has 1 fully saturated rings. The van der Waals surface area contributed by atoms with Crippen LogP contribution in [0.15, 0.2) is 42.5 Å². The highest BCUT2D eigenvalue weighted by Gasteiger charge is 2.28. The van der Waals surface area contributed by atoms with E-state index in [9.17, 15) is 9.90 Å². The molecule has 186 valence electrons. The summed E-state index contributed by atoms with van der Waals surface area (Å²) < 4.78 is 7.81. The van der Waals surface area contributed by atoms with E-state index in [1.54, 1.807) is 4.68 Å². The van der Waals surface area contributed by atoms with Crippen molar-refractivity contribution >= 4 is 11.9 Å². The van der Waals surface area contributed by atoms with Crippen LogP contribution in [-0.2, 0) is 18.4 Å². The maximum absolute atomic E-state index is 11.4. The molecule has 0 unspecified atom stereocenters. The number of tetrazole rings is 1. The van der Waals surface area contributed by atoms with Crippen LogP contribution in [-0.4, -0.2) is 57.4 Å². The molecule has 0 radical (unpaired) electrons. The molecule has 2 N–H and O–H groups in total. The van der Waals surface area contributed by atoms with Gasteiger partial charge in [0, 0.05) is 7.05 Å². The largest absolute Gasteiger partial charge is 0.489 e. The van der Waals surface area contributed by atoms with E-state index in [0.717, 1.165) is 24.2 Å². The zero-order chi connectivity index (χ0) is 25.1. The zero-order valence-corrected chi connectivity index (χ0v) is 20.1. The Labute approximate surface area is 207 Å². The number of aryl methyl sites for hydroxylation is 2. The molecule has 3 aromatic heterocycles. The Morgan fingerprint density at radius 1 is 1.14 bits per heavy atom. The summed E-state index contributed by atoms with van der Waals surface area (Å²) in [6, 6.07) is 13.2. The normalized spacial score (nSPS) is 17.6. The molecule has 0 saturated heterocycles. The molecule has 0 spiro atoms. The standard InChI is InChI=1S/C24H27N9O3/c1-15-21(36-18-10-6-7-16(13-18)23(34)35)12-11-19(26-15)22-20(32(2)30-27-22)14-25-24-28-31-33(29-24)17-8-4-3-5-9-17/h3-5,8-9,11-12,16,18H,6-7,10,13-14H2,1-2H3,(H,25,29)(H,34,35)/t16-,18-/m0/s1. The Balaban J connectivity index is 1.28. The van der Waals surface area contributed by atoms with Gasteiger partial charge in [0.15, 0.2) is 0 Å². The van der Waals surface area contributed by atoms with Crippen LogP contribution < -0.4 is 10.1 Å². The van der Waals surface area contributed by atoms with E-state index in [1.807, 2.05) is 56.4 Å². The van der Waals surface area contributed by atoms with Crippen molar-refractivity contribution in [3.05, 3.63) is 53.9 Å². The first-order chi connectivity index (χ1) is 17.5. The summed E-state index contributed by atoms with van der Waals surface area (Å²) >= 11 is 0. The summed E-state index contributed by atoms with van der Waals surface area (Å²) in [7, 11) is 1.81. The number of ether oxygens (including phenoxy) is 1. The maximum atomic E-state index is 11.4. The minimum Gasteiger partial charge on any atom is -0.489 e. The molecule has 1 saturated carbocycles. The molecule has 1 aromatic carbocycles. The van der Waals surface area contributed by atoms with Crippen LogP contribution in [0.5, 0.6) is 5.75 Å². The first kappa shape index (κ1) is 23.4. The van der Waals surface area contributed by atoms with E-state index >= 15 is 0 Å². The smallest absolute Gasteiger partial charge is 0.306 e. The molecule has 36 heavy (non-hydrogen) atoms. The number of nitrogens with one attached hydrogen (secondary N) is 1. The molecule has 0 amide bonds. The summed E-state index contributed by atoms with van der Waals surface area (Å²) in [5, 5.41) is 33.5. The van der Waals surface area contributed by atoms with E-state index in [0.29, 0.717) is 48.2 Å². The van der Waals surface area contributed by atoms with Gasteiger partial charge in [-0.3, -0.25) is 4.79 Å². The number of aromatic nitrogens is 8. The number of hydrogen-bond donors (Lipinski definition) is 2. The Morgan fingerprint density at radius 2 is 1.97 bits per heavy atom. The van der Waals surface area contributed by atoms with Crippen LogP contribution in [0.2, 0.25) is 0 Å². The molecule has 2 atom stereocenters. The lowest BCUT2D eigenvalue weighted by Gasteiger charge is -2.27. The molecule has 5 rings (SSSR count). The summed E-state index contributed by atoms with van der Waals surface area (Å²) in [6.45, 7) is 2.24. The minimum absolute atomic E-state index is 0.126. The maximum Gasteiger partial charge on any atom is 0.306 e. The molecule has 0 aliphatic heterocycles. The lowest BCUT2D eigenvalue weighted by Crippen LogP contribution is -2.29. The Bertz CT molecular complexity index is 1350. The monoisotopic (exact) mass is 489 g/mol. The van der Waals surface area contributed by atoms with Crippen molar-refractivity contribution in [1.29, 1.82) is 0 Å². The number of nitrogens with zero attached hydrogens (tertiary/aromatic N) is 8. The molecule has 0 bridgehead atoms. The van der Waals surface area contributed by atoms with Gasteiger partial charge in [0.2, 0.25) is 0 Å². The predicted molar refractivity (Wildman–Crippen MR) is 129 cm³/mol. The van der Waals surface area contributed by atoms with E-state index in [2.05, 4.69) is 31.0 Å². The number of carbonyl (C=O) groups is 1. The van der Waals surface area contributed by atoms with Gasteiger partial charge in [-0.05, 0) is 62.1 Å². The molecule has 1 aliphatic rings. The van der Waals surface area contributed by atoms with E-state index < -0.39 is 5.97 Å². The van der Waals surface area contributed by atoms with Crippen molar-refractivity contribution in [3.63, 3.8) is 0 Å². The van der Waals surface area contributed by atoms with Crippen LogP contribution in [0, 0.1) is 12.8 Å². The van der Waals surface area contributed by atoms with Gasteiger partial charge in [0.05, 0.1) is 41.3 Å². The second-order valence-corrected chi connectivity index (χ2v) is 8.82. The molecular formula is C24H27N9O3. The SMILES string of the molecule is Cc1nc(-c2nnn(C)c2CNc2nnn(-c3ccccc3)n2)ccc1O[C@H]1CCC[C@H](C(=O)O)C1. The van der Waals surface area contributed by atoms with Crippen molar-refractivity contribution < 1.29 is 14.6 Å². The number of aliphatic carboxylic acids is 1. The van der Waals surface area contributed by atoms with Crippen molar-refractivity contribution in [1.82, 2.24) is 40.2 Å². The van der Waals surface area contributed by atoms with Crippen LogP contribution in [0.25, 0.3) is 17.1 Å². The van der Waals surface area contributed by atoms with Crippen LogP contribution in [0.3, 0.4) is 0 Å². The van der Waals surface area contributed by atoms with Gasteiger partial charge in [-0.15, -0.1) is 15.0 Å². The fraction of sp³-hybridized carbons (Fsp3) is 0.375. The van der Waals surface area contributed by atoms with Crippen LogP contribution >= 0.6 is 0 Å². The highest BCUT2D eigenvalue weighted by Crippen LogP contribution is 2.30. The summed E-state index contributed by atoms with van der Waals surface area (Å²) in [6.07, 6.45) is 2.77. The average Bonchev–Trinajstić information content (AvgIpc) is 3.51. The summed E-state index contributed by atoms with van der Waals surface area (Å²) in [5.41, 5.74) is 3.64. The van der Waals surface area contributed by atoms with Gasteiger partial charge in [-0.1, -0.05) is 28.5 Å². The zero-order valence-electron chi connectivity index (χ0n) is 20.1. The van der Waals surface area contributed by atoms with Gasteiger partial charge in [0.25, 0.3) is 5.95 Å². The van der Waals surface area contributed by atoms with Crippen LogP contribution in [0.1, 0.15) is 37.1 Å². The van der Waals surface area contributed by atoms with E-state index in [-0.39, 0.29) is 12.0 Å². The number of carboxylic acid groups (broad SMARTS) is 1. The second-order valence-electron chi connectivity index (χ2n) is 8.82. The van der Waals surface area contributed by atoms with Gasteiger partial charge in [-0.2, -0.15) is 0 Å². The number of rotatable bonds is 8. The first-order valence-electron chi connectivity index (χ1n) is 11.8. The molecule has 1 aliphatic carbocycles. The molecular weight excluding hydrogens is 462 g/mol. The topological polar surface area (TPSA) is 146 Å². The third-order valence-electron chi connectivity index (χ3n) is 6.31. The van der Waals surface area contributed by atoms with Gasteiger partial charge in [0.1, 0.15) is 11.4 Å². The summed E-state index contributed by atoms with van der Waals surface area (Å²) in [5.74, 6) is -0.0732. The third kappa shape index (κ3) is 5.02. The van der Waals surface area contributed by atoms with Crippen molar-refractivity contribution in [3.8, 4) is 22.8 Å². The second kappa shape index (κ2) is 10.1. The number of carboxylic acids is 1. The number of pyridine rings is 1. The van der Waals surface area contributed by atoms with Gasteiger partial charge < -0.3 is 15.2 Å². The highest BCUT2D eigenvalue weighted by atomic mass is 16.5. The van der Waals surface area contributed by atoms with E-state index in [1.165, 1.54) is 4.80 Å². The molecule has 4 aromatic rings. The van der Waals surface area contributed by atoms with Crippen molar-refractivity contribution in [2.75, 3.05) is 5.32 Å². The molecule has 12 nitrogen and oxygen atoms in total. The quantitative estimate of drug-likeness (QED) is 0.379. The van der Waals surface area contributed by atoms with Gasteiger partial charge in [-0.25, -0.2) is 9.67 Å². The average molecular weight is 490 g/mol. The number of benzene rings is 1. The Hall–Kier alpha value is -4.35. The number of hydrogen-bond acceptors (Lipinski definition) is 9. The first-order valence-corrected chi connectivity index (χ1v) is 11.8. The lowest BCUT2D eigenvalue weighted by atomic mass is 9.87. The van der Waals surface area contributed by atoms with Gasteiger partial charge >= 0.3 is 5.97 Å². The fourth-order valence-electron chi connectivity index (χ4n) is 4.35. The number of para-hydroxylation sites is 1. The predicted octanol–water partition coefficient (Wildman–Crippen LogP) is 2.80. The van der Waals surface area contributed by atoms with E-state index in [4.69, 9.17) is 9.72 Å². The van der Waals surface area contributed by atoms with Crippen molar-refractivity contribution in [2.45, 2.75) is 45.3 Å². The van der Waals surface area contributed by atoms with Crippen LogP contribution in [0.4, 0.5) is 5.95 Å². The summed E-state index contributed by atoms with van der Waals surface area (Å²) in [4.78, 5) is 17.5. The third-order valence-corrected chi connectivity index (χ3v) is 6.31. The highest BCUT2D eigenvalue weighted by molar-refractivity contribution is 5.70. The Kier molecular flexibility index (Phi) is 6.56. The van der Waals surface area contributed by atoms with Crippen molar-refractivity contribution in [2.24, 2.45) is 13.0 Å². The number of anilines is 1. The Morgan fingerprint density at radius 3 is 2.75 bits per heavy atom. The fourth-order valence-corrected chi connectivity index (χ4v) is 4.35. The minimum atomic E-state index is -0.755. The molecule has 12 heteroatoms. The molecule has 3 heterocycles. The lowest BCUT2D eigenvalue weighted by molar-refractivity contribution is -0.143.